The average molecular weight is 290 g/mol. The molecule has 120 valence electrons. The van der Waals surface area contributed by atoms with Gasteiger partial charge in [0.05, 0.1) is 0 Å². The molecule has 0 aliphatic rings. The van der Waals surface area contributed by atoms with Gasteiger partial charge in [-0.05, 0) is 48.9 Å². The van der Waals surface area contributed by atoms with Gasteiger partial charge < -0.3 is 5.11 Å². The second-order valence-corrected chi connectivity index (χ2v) is 6.60. The molecule has 1 rings (SSSR count). The highest BCUT2D eigenvalue weighted by molar-refractivity contribution is 5.44. The van der Waals surface area contributed by atoms with Crippen LogP contribution in [0.4, 0.5) is 0 Å². The Morgan fingerprint density at radius 1 is 0.905 bits per heavy atom. The van der Waals surface area contributed by atoms with Gasteiger partial charge in [-0.25, -0.2) is 0 Å². The number of hydrogen-bond donors (Lipinski definition) is 1. The summed E-state index contributed by atoms with van der Waals surface area (Å²) in [5, 5.41) is 9.89. The lowest BCUT2D eigenvalue weighted by molar-refractivity contribution is 0.467. The molecule has 0 fully saturated rings. The van der Waals surface area contributed by atoms with Crippen LogP contribution in [0.5, 0.6) is 5.75 Å². The van der Waals surface area contributed by atoms with Gasteiger partial charge in [-0.2, -0.15) is 0 Å². The van der Waals surface area contributed by atoms with Gasteiger partial charge in [0.2, 0.25) is 0 Å². The molecule has 0 aliphatic carbocycles. The van der Waals surface area contributed by atoms with Crippen molar-refractivity contribution in [1.29, 1.82) is 0 Å². The van der Waals surface area contributed by atoms with Crippen molar-refractivity contribution in [2.75, 3.05) is 0 Å². The zero-order valence-electron chi connectivity index (χ0n) is 14.5. The lowest BCUT2D eigenvalue weighted by Crippen LogP contribution is -2.00. The predicted octanol–water partition coefficient (Wildman–Crippen LogP) is 6.64. The quantitative estimate of drug-likeness (QED) is 0.479. The zero-order valence-corrected chi connectivity index (χ0v) is 14.5. The van der Waals surface area contributed by atoms with Gasteiger partial charge in [0, 0.05) is 0 Å². The normalized spacial score (nSPS) is 12.6. The molecule has 1 N–H and O–H groups in total. The molecule has 0 heterocycles. The fraction of sp³-hybridized carbons (Fsp3) is 0.700. The summed E-state index contributed by atoms with van der Waals surface area (Å²) in [6, 6.07) is 3.86. The number of unbranched alkanes of at least 4 members (excludes halogenated alkanes) is 7. The molecular weight excluding hydrogens is 256 g/mol. The van der Waals surface area contributed by atoms with Crippen molar-refractivity contribution in [1.82, 2.24) is 0 Å². The van der Waals surface area contributed by atoms with Gasteiger partial charge in [0.25, 0.3) is 0 Å². The van der Waals surface area contributed by atoms with E-state index < -0.39 is 0 Å². The lowest BCUT2D eigenvalue weighted by atomic mass is 9.88. The van der Waals surface area contributed by atoms with E-state index in [2.05, 4.69) is 20.8 Å². The molecule has 1 heteroatoms. The number of benzene rings is 1. The molecule has 0 saturated heterocycles. The van der Waals surface area contributed by atoms with Gasteiger partial charge in [-0.15, -0.1) is 0 Å². The topological polar surface area (TPSA) is 20.2 Å². The summed E-state index contributed by atoms with van der Waals surface area (Å²) < 4.78 is 0. The molecule has 0 aromatic heterocycles. The molecule has 1 aromatic carbocycles. The summed E-state index contributed by atoms with van der Waals surface area (Å²) in [6.07, 6.45) is 12.2. The Bertz CT molecular complexity index is 409. The SMILES string of the molecule is CCCCCCCCCCC(C)c1c(C)ccc(O)c1C. The van der Waals surface area contributed by atoms with Gasteiger partial charge in [-0.3, -0.25) is 0 Å². The highest BCUT2D eigenvalue weighted by Gasteiger charge is 2.13. The highest BCUT2D eigenvalue weighted by atomic mass is 16.3. The number of rotatable bonds is 10. The summed E-state index contributed by atoms with van der Waals surface area (Å²) in [4.78, 5) is 0. The molecule has 0 radical (unpaired) electrons. The van der Waals surface area contributed by atoms with Crippen molar-refractivity contribution in [3.05, 3.63) is 28.8 Å². The van der Waals surface area contributed by atoms with Crippen LogP contribution in [0, 0.1) is 13.8 Å². The van der Waals surface area contributed by atoms with Crippen LogP contribution in [-0.2, 0) is 0 Å². The van der Waals surface area contributed by atoms with E-state index in [-0.39, 0.29) is 0 Å². The maximum Gasteiger partial charge on any atom is 0.118 e. The first kappa shape index (κ1) is 18.1. The summed E-state index contributed by atoms with van der Waals surface area (Å²) in [6.45, 7) is 8.77. The third-order valence-corrected chi connectivity index (χ3v) is 4.69. The van der Waals surface area contributed by atoms with E-state index in [0.29, 0.717) is 11.7 Å². The molecule has 1 nitrogen and oxygen atoms in total. The van der Waals surface area contributed by atoms with Crippen LogP contribution in [0.2, 0.25) is 0 Å². The zero-order chi connectivity index (χ0) is 15.7. The minimum atomic E-state index is 0.443. The first-order valence-electron chi connectivity index (χ1n) is 8.87. The lowest BCUT2D eigenvalue weighted by Gasteiger charge is -2.18. The number of aromatic hydroxyl groups is 1. The second kappa shape index (κ2) is 9.87. The monoisotopic (exact) mass is 290 g/mol. The number of hydrogen-bond acceptors (Lipinski definition) is 1. The van der Waals surface area contributed by atoms with Crippen molar-refractivity contribution in [3.8, 4) is 5.75 Å². The van der Waals surface area contributed by atoms with Gasteiger partial charge >= 0.3 is 0 Å². The van der Waals surface area contributed by atoms with E-state index in [9.17, 15) is 5.11 Å². The number of aryl methyl sites for hydroxylation is 1. The van der Waals surface area contributed by atoms with Crippen molar-refractivity contribution in [3.63, 3.8) is 0 Å². The second-order valence-electron chi connectivity index (χ2n) is 6.60. The van der Waals surface area contributed by atoms with Crippen LogP contribution >= 0.6 is 0 Å². The fourth-order valence-electron chi connectivity index (χ4n) is 3.34. The first-order chi connectivity index (χ1) is 10.1. The molecule has 0 amide bonds. The summed E-state index contributed by atoms with van der Waals surface area (Å²) in [5.41, 5.74) is 3.75. The molecular formula is C20H34O. The minimum Gasteiger partial charge on any atom is -0.508 e. The highest BCUT2D eigenvalue weighted by Crippen LogP contribution is 2.32. The van der Waals surface area contributed by atoms with Crippen LogP contribution < -0.4 is 0 Å². The number of phenolic OH excluding ortho intramolecular Hbond substituents is 1. The fourth-order valence-corrected chi connectivity index (χ4v) is 3.34. The molecule has 0 bridgehead atoms. The van der Waals surface area contributed by atoms with Crippen LogP contribution in [0.25, 0.3) is 0 Å². The average Bonchev–Trinajstić information content (AvgIpc) is 2.46. The molecule has 0 spiro atoms. The van der Waals surface area contributed by atoms with Crippen molar-refractivity contribution in [2.24, 2.45) is 0 Å². The van der Waals surface area contributed by atoms with Crippen molar-refractivity contribution in [2.45, 2.75) is 91.4 Å². The maximum absolute atomic E-state index is 9.89. The van der Waals surface area contributed by atoms with Crippen molar-refractivity contribution < 1.29 is 5.11 Å². The van der Waals surface area contributed by atoms with E-state index in [0.717, 1.165) is 5.56 Å². The van der Waals surface area contributed by atoms with E-state index in [1.165, 1.54) is 68.9 Å². The Hall–Kier alpha value is -0.980. The van der Waals surface area contributed by atoms with Gasteiger partial charge in [0.1, 0.15) is 5.75 Å². The molecule has 1 atom stereocenters. The Balaban J connectivity index is 2.28. The molecule has 21 heavy (non-hydrogen) atoms. The van der Waals surface area contributed by atoms with Crippen LogP contribution in [0.3, 0.4) is 0 Å². The Labute approximate surface area is 131 Å². The first-order valence-corrected chi connectivity index (χ1v) is 8.87. The van der Waals surface area contributed by atoms with Crippen LogP contribution in [-0.4, -0.2) is 5.11 Å². The minimum absolute atomic E-state index is 0.443. The van der Waals surface area contributed by atoms with Crippen LogP contribution in [0.15, 0.2) is 12.1 Å². The van der Waals surface area contributed by atoms with E-state index in [1.54, 1.807) is 0 Å². The maximum atomic E-state index is 9.89. The predicted molar refractivity (Wildman–Crippen MR) is 93.2 cm³/mol. The Morgan fingerprint density at radius 3 is 2.10 bits per heavy atom. The van der Waals surface area contributed by atoms with Crippen LogP contribution in [0.1, 0.15) is 94.2 Å². The third-order valence-electron chi connectivity index (χ3n) is 4.69. The van der Waals surface area contributed by atoms with E-state index >= 15 is 0 Å². The molecule has 0 aliphatic heterocycles. The Morgan fingerprint density at radius 2 is 1.48 bits per heavy atom. The van der Waals surface area contributed by atoms with Gasteiger partial charge in [0.15, 0.2) is 0 Å². The molecule has 0 saturated carbocycles. The molecule has 1 aromatic rings. The number of phenols is 1. The standard InChI is InChI=1S/C20H34O/c1-5-6-7-8-9-10-11-12-13-16(2)20-17(3)14-15-19(21)18(20)4/h14-16,21H,5-13H2,1-4H3. The summed E-state index contributed by atoms with van der Waals surface area (Å²) >= 11 is 0. The summed E-state index contributed by atoms with van der Waals surface area (Å²) in [7, 11) is 0. The largest absolute Gasteiger partial charge is 0.508 e. The van der Waals surface area contributed by atoms with Crippen molar-refractivity contribution >= 4 is 0 Å². The van der Waals surface area contributed by atoms with Gasteiger partial charge in [-0.1, -0.05) is 71.3 Å². The smallest absolute Gasteiger partial charge is 0.118 e. The molecule has 1 unspecified atom stereocenters. The van der Waals surface area contributed by atoms with E-state index in [1.807, 2.05) is 19.1 Å². The Kier molecular flexibility index (Phi) is 8.49. The van der Waals surface area contributed by atoms with E-state index in [4.69, 9.17) is 0 Å². The third kappa shape index (κ3) is 6.11. The summed E-state index contributed by atoms with van der Waals surface area (Å²) in [5.74, 6) is 0.996.